The standard InChI is InChI=1S/C28H32N4O2/c1-18-22(12-13-27(33)32(4)17-21-9-7-8-20(14-21)16-29-3)19(2)30-26(18)15-24-23-10-5-6-11-25(23)31-28(24)34/h5-11,14-15,29-30H,12-13,16-17H2,1-4H3,(H,31,34). The maximum absolute atomic E-state index is 12.9. The number of carbonyl (C=O) groups excluding carboxylic acids is 2. The van der Waals surface area contributed by atoms with Crippen LogP contribution in [0, 0.1) is 13.8 Å². The summed E-state index contributed by atoms with van der Waals surface area (Å²) in [5, 5.41) is 6.08. The lowest BCUT2D eigenvalue weighted by atomic mass is 10.0. The number of nitrogens with zero attached hydrogens (tertiary/aromatic N) is 1. The van der Waals surface area contributed by atoms with Crippen LogP contribution in [-0.2, 0) is 29.1 Å². The highest BCUT2D eigenvalue weighted by molar-refractivity contribution is 6.34. The predicted octanol–water partition coefficient (Wildman–Crippen LogP) is 4.43. The quantitative estimate of drug-likeness (QED) is 0.439. The molecule has 1 aliphatic rings. The van der Waals surface area contributed by atoms with Crippen LogP contribution in [0.3, 0.4) is 0 Å². The molecule has 0 bridgehead atoms. The highest BCUT2D eigenvalue weighted by Gasteiger charge is 2.24. The summed E-state index contributed by atoms with van der Waals surface area (Å²) in [7, 11) is 3.78. The van der Waals surface area contributed by atoms with Gasteiger partial charge < -0.3 is 20.5 Å². The van der Waals surface area contributed by atoms with Crippen molar-refractivity contribution in [2.45, 2.75) is 39.8 Å². The Kier molecular flexibility index (Phi) is 6.98. The number of fused-ring (bicyclic) bond motifs is 1. The summed E-state index contributed by atoms with van der Waals surface area (Å²) >= 11 is 0. The van der Waals surface area contributed by atoms with Crippen molar-refractivity contribution in [3.05, 3.63) is 87.7 Å². The fourth-order valence-corrected chi connectivity index (χ4v) is 4.59. The molecule has 0 spiro atoms. The van der Waals surface area contributed by atoms with Crippen LogP contribution in [-0.4, -0.2) is 35.8 Å². The number of hydrogen-bond acceptors (Lipinski definition) is 3. The van der Waals surface area contributed by atoms with Crippen LogP contribution in [0.5, 0.6) is 0 Å². The van der Waals surface area contributed by atoms with Gasteiger partial charge in [0, 0.05) is 49.2 Å². The Labute approximate surface area is 201 Å². The molecule has 2 amide bonds. The van der Waals surface area contributed by atoms with E-state index in [0.29, 0.717) is 25.0 Å². The number of aryl methyl sites for hydroxylation is 1. The lowest BCUT2D eigenvalue weighted by Crippen LogP contribution is -2.26. The fourth-order valence-electron chi connectivity index (χ4n) is 4.59. The maximum atomic E-state index is 12.9. The summed E-state index contributed by atoms with van der Waals surface area (Å²) in [6, 6.07) is 16.0. The Morgan fingerprint density at radius 2 is 1.85 bits per heavy atom. The summed E-state index contributed by atoms with van der Waals surface area (Å²) in [6.45, 7) is 5.47. The lowest BCUT2D eigenvalue weighted by molar-refractivity contribution is -0.130. The molecule has 6 heteroatoms. The molecule has 6 nitrogen and oxygen atoms in total. The van der Waals surface area contributed by atoms with Gasteiger partial charge in [0.05, 0.1) is 5.57 Å². The number of carbonyl (C=O) groups is 2. The molecule has 2 aromatic carbocycles. The van der Waals surface area contributed by atoms with Gasteiger partial charge in [-0.2, -0.15) is 0 Å². The molecule has 0 atom stereocenters. The van der Waals surface area contributed by atoms with Crippen LogP contribution >= 0.6 is 0 Å². The average Bonchev–Trinajstić information content (AvgIpc) is 3.27. The molecule has 0 aliphatic carbocycles. The predicted molar refractivity (Wildman–Crippen MR) is 137 cm³/mol. The van der Waals surface area contributed by atoms with E-state index >= 15 is 0 Å². The molecule has 176 valence electrons. The van der Waals surface area contributed by atoms with Crippen molar-refractivity contribution in [2.24, 2.45) is 0 Å². The summed E-state index contributed by atoms with van der Waals surface area (Å²) in [5.74, 6) is 0.0213. The van der Waals surface area contributed by atoms with Crippen LogP contribution in [0.15, 0.2) is 48.5 Å². The van der Waals surface area contributed by atoms with Crippen molar-refractivity contribution < 1.29 is 9.59 Å². The Balaban J connectivity index is 1.44. The molecule has 1 aromatic heterocycles. The number of hydrogen-bond donors (Lipinski definition) is 3. The van der Waals surface area contributed by atoms with E-state index < -0.39 is 0 Å². The van der Waals surface area contributed by atoms with Crippen molar-refractivity contribution in [2.75, 3.05) is 19.4 Å². The highest BCUT2D eigenvalue weighted by atomic mass is 16.2. The topological polar surface area (TPSA) is 77.2 Å². The van der Waals surface area contributed by atoms with E-state index in [1.807, 2.05) is 64.4 Å². The summed E-state index contributed by atoms with van der Waals surface area (Å²) < 4.78 is 0. The van der Waals surface area contributed by atoms with Gasteiger partial charge in [0.1, 0.15) is 0 Å². The molecule has 2 heterocycles. The third kappa shape index (κ3) is 4.97. The third-order valence-corrected chi connectivity index (χ3v) is 6.44. The first-order chi connectivity index (χ1) is 16.4. The van der Waals surface area contributed by atoms with E-state index in [-0.39, 0.29) is 11.8 Å². The minimum absolute atomic E-state index is 0.0926. The Morgan fingerprint density at radius 3 is 2.65 bits per heavy atom. The normalized spacial score (nSPS) is 13.8. The van der Waals surface area contributed by atoms with E-state index in [1.54, 1.807) is 4.90 Å². The minimum atomic E-state index is -0.0926. The monoisotopic (exact) mass is 456 g/mol. The Bertz CT molecular complexity index is 1260. The molecule has 0 unspecified atom stereocenters. The zero-order valence-electron chi connectivity index (χ0n) is 20.3. The number of nitrogens with one attached hydrogen (secondary N) is 3. The molecule has 0 radical (unpaired) electrons. The van der Waals surface area contributed by atoms with Gasteiger partial charge in [-0.1, -0.05) is 42.5 Å². The maximum Gasteiger partial charge on any atom is 0.256 e. The van der Waals surface area contributed by atoms with Gasteiger partial charge >= 0.3 is 0 Å². The van der Waals surface area contributed by atoms with E-state index in [1.165, 1.54) is 5.56 Å². The number of para-hydroxylation sites is 1. The molecule has 1 aliphatic heterocycles. The van der Waals surface area contributed by atoms with Crippen LogP contribution in [0.1, 0.15) is 45.6 Å². The number of anilines is 1. The first-order valence-electron chi connectivity index (χ1n) is 11.6. The van der Waals surface area contributed by atoms with Gasteiger partial charge in [0.25, 0.3) is 5.91 Å². The molecule has 3 N–H and O–H groups in total. The molecule has 34 heavy (non-hydrogen) atoms. The van der Waals surface area contributed by atoms with Crippen LogP contribution < -0.4 is 10.6 Å². The number of amides is 2. The average molecular weight is 457 g/mol. The van der Waals surface area contributed by atoms with E-state index in [2.05, 4.69) is 33.8 Å². The molecule has 3 aromatic rings. The number of aromatic amines is 1. The lowest BCUT2D eigenvalue weighted by Gasteiger charge is -2.18. The molecule has 0 saturated carbocycles. The first-order valence-corrected chi connectivity index (χ1v) is 11.6. The van der Waals surface area contributed by atoms with E-state index in [4.69, 9.17) is 0 Å². The second-order valence-corrected chi connectivity index (χ2v) is 8.93. The third-order valence-electron chi connectivity index (χ3n) is 6.44. The largest absolute Gasteiger partial charge is 0.359 e. The zero-order chi connectivity index (χ0) is 24.2. The SMILES string of the molecule is CNCc1cccc(CN(C)C(=O)CCc2c(C)[nH]c(C=C3C(=O)Nc4ccccc43)c2C)c1. The summed E-state index contributed by atoms with van der Waals surface area (Å²) in [5.41, 5.74) is 8.90. The fraction of sp³-hybridized carbons (Fsp3) is 0.286. The minimum Gasteiger partial charge on any atom is -0.359 e. The molecule has 4 rings (SSSR count). The summed E-state index contributed by atoms with van der Waals surface area (Å²) in [6.07, 6.45) is 3.01. The van der Waals surface area contributed by atoms with Crippen molar-refractivity contribution >= 4 is 29.2 Å². The van der Waals surface area contributed by atoms with Crippen molar-refractivity contribution in [1.82, 2.24) is 15.2 Å². The van der Waals surface area contributed by atoms with Gasteiger partial charge in [-0.05, 0) is 61.7 Å². The van der Waals surface area contributed by atoms with Gasteiger partial charge in [0.15, 0.2) is 0 Å². The number of rotatable bonds is 8. The Hall–Kier alpha value is -3.64. The molecule has 0 fully saturated rings. The number of H-pyrrole nitrogens is 1. The van der Waals surface area contributed by atoms with Crippen LogP contribution in [0.2, 0.25) is 0 Å². The zero-order valence-corrected chi connectivity index (χ0v) is 20.3. The van der Waals surface area contributed by atoms with Gasteiger partial charge in [-0.25, -0.2) is 0 Å². The number of benzene rings is 2. The second-order valence-electron chi connectivity index (χ2n) is 8.93. The van der Waals surface area contributed by atoms with Crippen molar-refractivity contribution in [3.63, 3.8) is 0 Å². The molecule has 0 saturated heterocycles. The van der Waals surface area contributed by atoms with Crippen molar-refractivity contribution in [3.8, 4) is 0 Å². The van der Waals surface area contributed by atoms with Crippen molar-refractivity contribution in [1.29, 1.82) is 0 Å². The molecular formula is C28H32N4O2. The smallest absolute Gasteiger partial charge is 0.256 e. The Morgan fingerprint density at radius 1 is 1.09 bits per heavy atom. The van der Waals surface area contributed by atoms with Crippen LogP contribution in [0.25, 0.3) is 11.6 Å². The van der Waals surface area contributed by atoms with E-state index in [0.717, 1.165) is 45.9 Å². The molecular weight excluding hydrogens is 424 g/mol. The number of aromatic nitrogens is 1. The van der Waals surface area contributed by atoms with Gasteiger partial charge in [0.2, 0.25) is 5.91 Å². The first kappa shape index (κ1) is 23.5. The van der Waals surface area contributed by atoms with Crippen LogP contribution in [0.4, 0.5) is 5.69 Å². The van der Waals surface area contributed by atoms with E-state index in [9.17, 15) is 9.59 Å². The van der Waals surface area contributed by atoms with Gasteiger partial charge in [-0.3, -0.25) is 9.59 Å². The van der Waals surface area contributed by atoms with Gasteiger partial charge in [-0.15, -0.1) is 0 Å². The summed E-state index contributed by atoms with van der Waals surface area (Å²) in [4.78, 5) is 30.6. The highest BCUT2D eigenvalue weighted by Crippen LogP contribution is 2.33. The second kappa shape index (κ2) is 10.1.